The molecule has 0 N–H and O–H groups in total. The topological polar surface area (TPSA) is 158 Å². The van der Waals surface area contributed by atoms with Crippen molar-refractivity contribution in [3.8, 4) is 0 Å². The van der Waals surface area contributed by atoms with Crippen LogP contribution in [0.2, 0.25) is 0 Å². The standard InChI is InChI=1S/C26H32O12S/c1-6-39-26(25(32)34-13-20(31)19-10-8-7-9-11-19)12-21(35-16(3)28)23(37-18(5)30)24(38-26)22(36-17(4)29)14-33-15(2)27/h7-11,21-24H,6,12-14H2,1-5H3/t21-,22-,23-,24?,26?/m1/s1. The largest absolute Gasteiger partial charge is 0.462 e. The lowest BCUT2D eigenvalue weighted by Crippen LogP contribution is -2.63. The molecule has 0 amide bonds. The zero-order valence-corrected chi connectivity index (χ0v) is 23.1. The third kappa shape index (κ3) is 9.36. The molecule has 39 heavy (non-hydrogen) atoms. The van der Waals surface area contributed by atoms with Crippen LogP contribution in [-0.2, 0) is 52.4 Å². The maximum absolute atomic E-state index is 13.5. The van der Waals surface area contributed by atoms with Crippen molar-refractivity contribution >= 4 is 47.4 Å². The van der Waals surface area contributed by atoms with Crippen molar-refractivity contribution in [3.05, 3.63) is 35.9 Å². The van der Waals surface area contributed by atoms with Crippen LogP contribution in [0.3, 0.4) is 0 Å². The minimum Gasteiger partial charge on any atom is -0.462 e. The van der Waals surface area contributed by atoms with Crippen molar-refractivity contribution in [2.45, 2.75) is 70.4 Å². The lowest BCUT2D eigenvalue weighted by molar-refractivity contribution is -0.241. The van der Waals surface area contributed by atoms with Crippen LogP contribution >= 0.6 is 11.8 Å². The zero-order chi connectivity index (χ0) is 29.2. The third-order valence-electron chi connectivity index (χ3n) is 5.36. The summed E-state index contributed by atoms with van der Waals surface area (Å²) < 4.78 is 32.7. The maximum Gasteiger partial charge on any atom is 0.349 e. The van der Waals surface area contributed by atoms with E-state index in [1.165, 1.54) is 0 Å². The molecule has 0 aliphatic carbocycles. The Hall–Kier alpha value is -3.45. The van der Waals surface area contributed by atoms with Gasteiger partial charge in [0.05, 0.1) is 0 Å². The number of rotatable bonds is 12. The van der Waals surface area contributed by atoms with Gasteiger partial charge in [-0.15, -0.1) is 11.8 Å². The highest BCUT2D eigenvalue weighted by molar-refractivity contribution is 8.01. The van der Waals surface area contributed by atoms with E-state index >= 15 is 0 Å². The minimum atomic E-state index is -1.87. The Kier molecular flexibility index (Phi) is 11.9. The molecule has 1 saturated heterocycles. The number of carbonyl (C=O) groups excluding carboxylic acids is 6. The molecule has 2 rings (SSSR count). The first kappa shape index (κ1) is 31.8. The Balaban J connectivity index is 2.49. The van der Waals surface area contributed by atoms with Gasteiger partial charge in [0.15, 0.2) is 24.6 Å². The van der Waals surface area contributed by atoms with E-state index in [0.29, 0.717) is 11.3 Å². The normalized spacial score (nSPS) is 23.1. The second-order valence-electron chi connectivity index (χ2n) is 8.51. The van der Waals surface area contributed by atoms with E-state index in [9.17, 15) is 28.8 Å². The molecule has 0 bridgehead atoms. The van der Waals surface area contributed by atoms with Gasteiger partial charge in [-0.1, -0.05) is 37.3 Å². The van der Waals surface area contributed by atoms with Gasteiger partial charge >= 0.3 is 29.8 Å². The van der Waals surface area contributed by atoms with Gasteiger partial charge in [0, 0.05) is 39.7 Å². The smallest absolute Gasteiger partial charge is 0.349 e. The molecular weight excluding hydrogens is 536 g/mol. The van der Waals surface area contributed by atoms with Gasteiger partial charge < -0.3 is 28.4 Å². The van der Waals surface area contributed by atoms with Gasteiger partial charge in [0.2, 0.25) is 4.93 Å². The van der Waals surface area contributed by atoms with Crippen molar-refractivity contribution in [2.24, 2.45) is 0 Å². The Bertz CT molecular complexity index is 1060. The van der Waals surface area contributed by atoms with E-state index in [2.05, 4.69) is 0 Å². The third-order valence-corrected chi connectivity index (χ3v) is 6.54. The van der Waals surface area contributed by atoms with E-state index < -0.39 is 78.2 Å². The Morgan fingerprint density at radius 2 is 1.56 bits per heavy atom. The molecule has 1 fully saturated rings. The predicted octanol–water partition coefficient (Wildman–Crippen LogP) is 2.01. The molecule has 0 radical (unpaired) electrons. The van der Waals surface area contributed by atoms with Gasteiger partial charge in [-0.05, 0) is 5.75 Å². The summed E-state index contributed by atoms with van der Waals surface area (Å²) in [6.45, 7) is 5.09. The molecule has 214 valence electrons. The number of thioether (sulfide) groups is 1. The summed E-state index contributed by atoms with van der Waals surface area (Å²) in [7, 11) is 0. The van der Waals surface area contributed by atoms with Crippen molar-refractivity contribution in [2.75, 3.05) is 19.0 Å². The molecule has 1 aliphatic heterocycles. The van der Waals surface area contributed by atoms with Gasteiger partial charge in [-0.3, -0.25) is 24.0 Å². The lowest BCUT2D eigenvalue weighted by atomic mass is 9.93. The van der Waals surface area contributed by atoms with Crippen LogP contribution in [0.4, 0.5) is 0 Å². The monoisotopic (exact) mass is 568 g/mol. The molecule has 5 atom stereocenters. The highest BCUT2D eigenvalue weighted by Crippen LogP contribution is 2.43. The van der Waals surface area contributed by atoms with E-state index in [0.717, 1.165) is 39.5 Å². The van der Waals surface area contributed by atoms with Crippen LogP contribution in [0, 0.1) is 0 Å². The first-order valence-electron chi connectivity index (χ1n) is 12.1. The summed E-state index contributed by atoms with van der Waals surface area (Å²) >= 11 is 0.983. The first-order chi connectivity index (χ1) is 18.4. The summed E-state index contributed by atoms with van der Waals surface area (Å²) in [5.74, 6) is -4.11. The van der Waals surface area contributed by atoms with Crippen LogP contribution < -0.4 is 0 Å². The number of hydrogen-bond donors (Lipinski definition) is 0. The second kappa shape index (κ2) is 14.6. The SMILES string of the molecule is CCSC1(C(=O)OCC(=O)c2ccccc2)C[C@@H](OC(C)=O)[C@@H](OC(C)=O)C([C@@H](COC(C)=O)OC(C)=O)O1. The van der Waals surface area contributed by atoms with Crippen LogP contribution in [0.25, 0.3) is 0 Å². The summed E-state index contributed by atoms with van der Waals surface area (Å²) in [4.78, 5) is 71.6. The van der Waals surface area contributed by atoms with E-state index in [4.69, 9.17) is 28.4 Å². The second-order valence-corrected chi connectivity index (χ2v) is 10.0. The van der Waals surface area contributed by atoms with E-state index in [1.54, 1.807) is 37.3 Å². The number of hydrogen-bond acceptors (Lipinski definition) is 13. The average molecular weight is 569 g/mol. The first-order valence-corrected chi connectivity index (χ1v) is 13.1. The number of ketones is 1. The summed E-state index contributed by atoms with van der Waals surface area (Å²) in [5, 5.41) is 0. The fourth-order valence-corrected chi connectivity index (χ4v) is 5.05. The average Bonchev–Trinajstić information content (AvgIpc) is 2.86. The minimum absolute atomic E-state index is 0.307. The number of benzene rings is 1. The van der Waals surface area contributed by atoms with E-state index in [1.807, 2.05) is 0 Å². The molecule has 1 aromatic rings. The molecule has 2 unspecified atom stereocenters. The summed E-state index contributed by atoms with van der Waals surface area (Å²) in [5.41, 5.74) is 0.328. The van der Waals surface area contributed by atoms with Crippen LogP contribution in [0.5, 0.6) is 0 Å². The van der Waals surface area contributed by atoms with Crippen molar-refractivity contribution < 1.29 is 57.2 Å². The Labute approximate surface area is 229 Å². The fourth-order valence-electron chi connectivity index (χ4n) is 3.94. The van der Waals surface area contributed by atoms with Crippen LogP contribution in [0.15, 0.2) is 30.3 Å². The molecule has 12 nitrogen and oxygen atoms in total. The Morgan fingerprint density at radius 1 is 0.923 bits per heavy atom. The molecule has 0 aromatic heterocycles. The summed E-state index contributed by atoms with van der Waals surface area (Å²) in [6, 6.07) is 8.19. The molecular formula is C26H32O12S. The quantitative estimate of drug-likeness (QED) is 0.205. The van der Waals surface area contributed by atoms with Crippen LogP contribution in [0.1, 0.15) is 51.4 Å². The highest BCUT2D eigenvalue weighted by atomic mass is 32.2. The van der Waals surface area contributed by atoms with Crippen LogP contribution in [-0.4, -0.2) is 83.9 Å². The fraction of sp³-hybridized carbons (Fsp3) is 0.538. The van der Waals surface area contributed by atoms with Crippen molar-refractivity contribution in [3.63, 3.8) is 0 Å². The van der Waals surface area contributed by atoms with E-state index in [-0.39, 0.29) is 6.42 Å². The zero-order valence-electron chi connectivity index (χ0n) is 22.3. The van der Waals surface area contributed by atoms with Gasteiger partial charge in [-0.2, -0.15) is 0 Å². The molecule has 0 saturated carbocycles. The van der Waals surface area contributed by atoms with Crippen molar-refractivity contribution in [1.82, 2.24) is 0 Å². The van der Waals surface area contributed by atoms with Gasteiger partial charge in [0.25, 0.3) is 0 Å². The Morgan fingerprint density at radius 3 is 2.10 bits per heavy atom. The molecule has 1 aromatic carbocycles. The van der Waals surface area contributed by atoms with Crippen molar-refractivity contribution in [1.29, 1.82) is 0 Å². The predicted molar refractivity (Wildman–Crippen MR) is 135 cm³/mol. The number of carbonyl (C=O) groups is 6. The summed E-state index contributed by atoms with van der Waals surface area (Å²) in [6.07, 6.45) is -5.73. The number of ether oxygens (including phenoxy) is 6. The molecule has 1 aliphatic rings. The number of esters is 5. The van der Waals surface area contributed by atoms with Gasteiger partial charge in [0.1, 0.15) is 18.8 Å². The molecule has 13 heteroatoms. The molecule has 1 heterocycles. The maximum atomic E-state index is 13.5. The number of Topliss-reactive ketones (excluding diaryl/α,β-unsaturated/α-hetero) is 1. The van der Waals surface area contributed by atoms with Gasteiger partial charge in [-0.25, -0.2) is 4.79 Å². The lowest BCUT2D eigenvalue weighted by Gasteiger charge is -2.47. The molecule has 0 spiro atoms. The highest BCUT2D eigenvalue weighted by Gasteiger charge is 2.58.